The van der Waals surface area contributed by atoms with Gasteiger partial charge in [0.25, 0.3) is 0 Å². The van der Waals surface area contributed by atoms with Crippen LogP contribution in [-0.2, 0) is 11.2 Å². The highest BCUT2D eigenvalue weighted by atomic mass is 32.1. The van der Waals surface area contributed by atoms with Crippen molar-refractivity contribution in [2.24, 2.45) is 0 Å². The molecule has 0 saturated carbocycles. The highest BCUT2D eigenvalue weighted by Crippen LogP contribution is 2.26. The fourth-order valence-electron chi connectivity index (χ4n) is 2.48. The topological polar surface area (TPSA) is 85.6 Å². The SMILES string of the molecule is Cc1nnnn1-c1cc(NC(=O)Cc2csc(-c3ccsc3)n2)ccc1F. The van der Waals surface area contributed by atoms with E-state index in [4.69, 9.17) is 0 Å². The van der Waals surface area contributed by atoms with Gasteiger partial charge in [-0.25, -0.2) is 9.37 Å². The molecule has 0 unspecified atom stereocenters. The van der Waals surface area contributed by atoms with Crippen molar-refractivity contribution in [3.8, 4) is 16.3 Å². The maximum Gasteiger partial charge on any atom is 0.230 e. The molecule has 3 heterocycles. The van der Waals surface area contributed by atoms with Gasteiger partial charge in [-0.2, -0.15) is 16.0 Å². The molecule has 1 amide bonds. The van der Waals surface area contributed by atoms with Crippen LogP contribution in [0.25, 0.3) is 16.3 Å². The van der Waals surface area contributed by atoms with E-state index >= 15 is 0 Å². The minimum Gasteiger partial charge on any atom is -0.326 e. The molecule has 10 heteroatoms. The lowest BCUT2D eigenvalue weighted by Gasteiger charge is -2.08. The van der Waals surface area contributed by atoms with E-state index in [0.717, 1.165) is 10.6 Å². The maximum absolute atomic E-state index is 14.1. The highest BCUT2D eigenvalue weighted by Gasteiger charge is 2.13. The first-order valence-electron chi connectivity index (χ1n) is 7.92. The molecule has 0 aliphatic rings. The normalized spacial score (nSPS) is 10.9. The second kappa shape index (κ2) is 7.33. The highest BCUT2D eigenvalue weighted by molar-refractivity contribution is 7.14. The number of nitrogens with one attached hydrogen (secondary N) is 1. The number of thiophene rings is 1. The van der Waals surface area contributed by atoms with Crippen LogP contribution < -0.4 is 5.32 Å². The number of rotatable bonds is 5. The Morgan fingerprint density at radius 1 is 1.30 bits per heavy atom. The van der Waals surface area contributed by atoms with Crippen molar-refractivity contribution in [2.75, 3.05) is 5.32 Å². The number of amides is 1. The number of carbonyl (C=O) groups is 1. The molecule has 1 N–H and O–H groups in total. The van der Waals surface area contributed by atoms with Gasteiger partial charge in [0.1, 0.15) is 16.5 Å². The second-order valence-corrected chi connectivity index (χ2v) is 7.32. The van der Waals surface area contributed by atoms with Gasteiger partial charge in [-0.3, -0.25) is 4.79 Å². The van der Waals surface area contributed by atoms with Crippen LogP contribution in [0.1, 0.15) is 11.5 Å². The van der Waals surface area contributed by atoms with Crippen LogP contribution in [0.5, 0.6) is 0 Å². The Bertz CT molecular complexity index is 1090. The van der Waals surface area contributed by atoms with Crippen LogP contribution in [0.3, 0.4) is 0 Å². The van der Waals surface area contributed by atoms with Crippen molar-refractivity contribution in [3.63, 3.8) is 0 Å². The molecule has 0 saturated heterocycles. The Balaban J connectivity index is 1.48. The van der Waals surface area contributed by atoms with Gasteiger partial charge in [0, 0.05) is 22.0 Å². The van der Waals surface area contributed by atoms with Gasteiger partial charge >= 0.3 is 0 Å². The van der Waals surface area contributed by atoms with E-state index in [0.29, 0.717) is 17.2 Å². The van der Waals surface area contributed by atoms with Gasteiger partial charge in [0.15, 0.2) is 5.82 Å². The average molecular weight is 400 g/mol. The largest absolute Gasteiger partial charge is 0.326 e. The standard InChI is InChI=1S/C17H13FN6OS2/c1-10-21-22-23-24(10)15-6-12(2-3-14(15)18)19-16(25)7-13-9-27-17(20-13)11-4-5-26-8-11/h2-6,8-9H,7H2,1H3,(H,19,25). The molecule has 7 nitrogen and oxygen atoms in total. The molecule has 0 radical (unpaired) electrons. The van der Waals surface area contributed by atoms with E-state index in [1.807, 2.05) is 22.2 Å². The number of benzene rings is 1. The third-order valence-electron chi connectivity index (χ3n) is 3.75. The van der Waals surface area contributed by atoms with Crippen LogP contribution in [0.4, 0.5) is 10.1 Å². The van der Waals surface area contributed by atoms with Crippen LogP contribution in [0, 0.1) is 12.7 Å². The summed E-state index contributed by atoms with van der Waals surface area (Å²) in [6.07, 6.45) is 0.136. The van der Waals surface area contributed by atoms with E-state index in [9.17, 15) is 9.18 Å². The number of thiazole rings is 1. The summed E-state index contributed by atoms with van der Waals surface area (Å²) in [5.74, 6) is -0.271. The molecular formula is C17H13FN6OS2. The fraction of sp³-hybridized carbons (Fsp3) is 0.118. The Morgan fingerprint density at radius 2 is 2.19 bits per heavy atom. The average Bonchev–Trinajstić information content (AvgIpc) is 3.38. The third-order valence-corrected chi connectivity index (χ3v) is 5.37. The number of nitrogens with zero attached hydrogens (tertiary/aromatic N) is 5. The Hall–Kier alpha value is -2.98. The number of carbonyl (C=O) groups excluding carboxylic acids is 1. The molecule has 4 aromatic rings. The molecule has 0 spiro atoms. The molecule has 27 heavy (non-hydrogen) atoms. The summed E-state index contributed by atoms with van der Waals surface area (Å²) in [7, 11) is 0. The number of anilines is 1. The molecule has 0 bridgehead atoms. The number of halogens is 1. The lowest BCUT2D eigenvalue weighted by molar-refractivity contribution is -0.115. The van der Waals surface area contributed by atoms with Gasteiger partial charge in [0.05, 0.1) is 12.1 Å². The van der Waals surface area contributed by atoms with Crippen LogP contribution in [0.2, 0.25) is 0 Å². The Kier molecular flexibility index (Phi) is 4.73. The number of aromatic nitrogens is 5. The van der Waals surface area contributed by atoms with Crippen molar-refractivity contribution >= 4 is 34.3 Å². The van der Waals surface area contributed by atoms with Crippen molar-refractivity contribution in [1.29, 1.82) is 0 Å². The summed E-state index contributed by atoms with van der Waals surface area (Å²) >= 11 is 3.10. The smallest absolute Gasteiger partial charge is 0.230 e. The molecular weight excluding hydrogens is 387 g/mol. The zero-order valence-corrected chi connectivity index (χ0v) is 15.7. The molecule has 4 rings (SSSR count). The summed E-state index contributed by atoms with van der Waals surface area (Å²) in [4.78, 5) is 16.8. The summed E-state index contributed by atoms with van der Waals surface area (Å²) in [5, 5.41) is 20.5. The lowest BCUT2D eigenvalue weighted by atomic mass is 10.2. The van der Waals surface area contributed by atoms with Crippen molar-refractivity contribution < 1.29 is 9.18 Å². The summed E-state index contributed by atoms with van der Waals surface area (Å²) in [5.41, 5.74) is 2.37. The van der Waals surface area contributed by atoms with Crippen LogP contribution in [0.15, 0.2) is 40.4 Å². The summed E-state index contributed by atoms with van der Waals surface area (Å²) in [6, 6.07) is 6.25. The van der Waals surface area contributed by atoms with E-state index in [-0.39, 0.29) is 18.0 Å². The van der Waals surface area contributed by atoms with E-state index in [1.54, 1.807) is 18.3 Å². The number of hydrogen-bond acceptors (Lipinski definition) is 7. The van der Waals surface area contributed by atoms with Crippen molar-refractivity contribution in [3.05, 3.63) is 57.7 Å². The molecule has 0 atom stereocenters. The zero-order valence-electron chi connectivity index (χ0n) is 14.1. The molecule has 0 fully saturated rings. The van der Waals surface area contributed by atoms with Crippen molar-refractivity contribution in [1.82, 2.24) is 25.2 Å². The number of hydrogen-bond donors (Lipinski definition) is 1. The lowest BCUT2D eigenvalue weighted by Crippen LogP contribution is -2.15. The Labute approximate surface area is 161 Å². The third kappa shape index (κ3) is 3.76. The number of aryl methyl sites for hydroxylation is 1. The van der Waals surface area contributed by atoms with E-state index < -0.39 is 5.82 Å². The monoisotopic (exact) mass is 400 g/mol. The van der Waals surface area contributed by atoms with Gasteiger partial charge in [-0.15, -0.1) is 16.4 Å². The van der Waals surface area contributed by atoms with E-state index in [1.165, 1.54) is 34.2 Å². The molecule has 136 valence electrons. The van der Waals surface area contributed by atoms with Gasteiger partial charge in [-0.1, -0.05) is 0 Å². The first-order chi connectivity index (χ1) is 13.1. The van der Waals surface area contributed by atoms with Gasteiger partial charge in [0.2, 0.25) is 5.91 Å². The minimum atomic E-state index is -0.483. The fourth-order valence-corrected chi connectivity index (χ4v) is 4.02. The summed E-state index contributed by atoms with van der Waals surface area (Å²) < 4.78 is 15.4. The predicted molar refractivity (Wildman–Crippen MR) is 102 cm³/mol. The zero-order chi connectivity index (χ0) is 18.8. The first-order valence-corrected chi connectivity index (χ1v) is 9.74. The first kappa shape index (κ1) is 17.4. The predicted octanol–water partition coefficient (Wildman–Crippen LogP) is 3.48. The van der Waals surface area contributed by atoms with Gasteiger partial charge in [-0.05, 0) is 47.0 Å². The Morgan fingerprint density at radius 3 is 2.93 bits per heavy atom. The molecule has 1 aromatic carbocycles. The quantitative estimate of drug-likeness (QED) is 0.554. The van der Waals surface area contributed by atoms with Gasteiger partial charge < -0.3 is 5.32 Å². The molecule has 3 aromatic heterocycles. The molecule has 0 aliphatic heterocycles. The minimum absolute atomic E-state index is 0.136. The summed E-state index contributed by atoms with van der Waals surface area (Å²) in [6.45, 7) is 1.66. The van der Waals surface area contributed by atoms with E-state index in [2.05, 4.69) is 25.8 Å². The van der Waals surface area contributed by atoms with Crippen molar-refractivity contribution in [2.45, 2.75) is 13.3 Å². The van der Waals surface area contributed by atoms with Crippen LogP contribution >= 0.6 is 22.7 Å². The molecule has 0 aliphatic carbocycles. The second-order valence-electron chi connectivity index (χ2n) is 5.69. The number of tetrazole rings is 1. The maximum atomic E-state index is 14.1. The van der Waals surface area contributed by atoms with Crippen LogP contribution in [-0.4, -0.2) is 31.1 Å².